The summed E-state index contributed by atoms with van der Waals surface area (Å²) in [6.07, 6.45) is 6.87. The molecule has 1 aliphatic carbocycles. The van der Waals surface area contributed by atoms with Crippen LogP contribution < -0.4 is 5.56 Å². The molecular weight excluding hydrogens is 274 g/mol. The maximum Gasteiger partial charge on any atom is 0.264 e. The number of aryl methyl sites for hydroxylation is 2. The zero-order valence-electron chi connectivity index (χ0n) is 8.80. The largest absolute Gasteiger partial charge is 0.268 e. The van der Waals surface area contributed by atoms with Crippen LogP contribution in [0, 0.1) is 0 Å². The molecule has 1 heterocycles. The predicted octanol–water partition coefficient (Wildman–Crippen LogP) is 2.96. The molecule has 0 N–H and O–H groups in total. The Kier molecular flexibility index (Phi) is 4.03. The SMILES string of the molecule is O=c1c2c(sn1CCCCCBr)CCC2. The lowest BCUT2D eigenvalue weighted by Crippen LogP contribution is -2.16. The smallest absolute Gasteiger partial charge is 0.264 e. The minimum atomic E-state index is 0.298. The molecular formula is C11H16BrNOS. The van der Waals surface area contributed by atoms with Crippen molar-refractivity contribution in [2.75, 3.05) is 5.33 Å². The first kappa shape index (κ1) is 11.4. The molecule has 0 spiro atoms. The standard InChI is InChI=1S/C11H16BrNOS/c12-7-2-1-3-8-13-11(14)9-5-4-6-10(9)15-13/h1-8H2. The van der Waals surface area contributed by atoms with Gasteiger partial charge in [0.25, 0.3) is 5.56 Å². The first-order valence-electron chi connectivity index (χ1n) is 5.61. The van der Waals surface area contributed by atoms with Gasteiger partial charge in [0, 0.05) is 22.3 Å². The average molecular weight is 290 g/mol. The highest BCUT2D eigenvalue weighted by Gasteiger charge is 2.19. The molecule has 0 fully saturated rings. The van der Waals surface area contributed by atoms with E-state index in [4.69, 9.17) is 0 Å². The number of nitrogens with zero attached hydrogens (tertiary/aromatic N) is 1. The second kappa shape index (κ2) is 5.30. The van der Waals surface area contributed by atoms with Crippen molar-refractivity contribution in [2.45, 2.75) is 45.1 Å². The van der Waals surface area contributed by atoms with Crippen molar-refractivity contribution in [3.05, 3.63) is 20.8 Å². The van der Waals surface area contributed by atoms with E-state index in [-0.39, 0.29) is 0 Å². The Morgan fingerprint density at radius 3 is 2.87 bits per heavy atom. The summed E-state index contributed by atoms with van der Waals surface area (Å²) in [6, 6.07) is 0. The normalized spacial score (nSPS) is 14.5. The number of alkyl halides is 1. The molecule has 1 aromatic rings. The van der Waals surface area contributed by atoms with Crippen molar-refractivity contribution in [2.24, 2.45) is 0 Å². The van der Waals surface area contributed by atoms with Gasteiger partial charge in [0.2, 0.25) is 0 Å². The van der Waals surface area contributed by atoms with E-state index < -0.39 is 0 Å². The van der Waals surface area contributed by atoms with Crippen LogP contribution in [-0.2, 0) is 19.4 Å². The maximum absolute atomic E-state index is 11.9. The molecule has 0 aliphatic heterocycles. The van der Waals surface area contributed by atoms with Crippen LogP contribution in [0.25, 0.3) is 0 Å². The third kappa shape index (κ3) is 2.53. The van der Waals surface area contributed by atoms with Crippen molar-refractivity contribution >= 4 is 27.5 Å². The number of rotatable bonds is 5. The van der Waals surface area contributed by atoms with Gasteiger partial charge in [-0.15, -0.1) is 0 Å². The molecule has 84 valence electrons. The zero-order chi connectivity index (χ0) is 10.7. The van der Waals surface area contributed by atoms with Gasteiger partial charge in [-0.3, -0.25) is 8.75 Å². The van der Waals surface area contributed by atoms with Gasteiger partial charge in [-0.05, 0) is 32.1 Å². The minimum Gasteiger partial charge on any atom is -0.268 e. The van der Waals surface area contributed by atoms with Crippen LogP contribution in [0.1, 0.15) is 36.1 Å². The highest BCUT2D eigenvalue weighted by atomic mass is 79.9. The van der Waals surface area contributed by atoms with Crippen LogP contribution in [0.2, 0.25) is 0 Å². The molecule has 0 amide bonds. The van der Waals surface area contributed by atoms with Crippen LogP contribution >= 0.6 is 27.5 Å². The Morgan fingerprint density at radius 2 is 2.13 bits per heavy atom. The van der Waals surface area contributed by atoms with E-state index >= 15 is 0 Å². The second-order valence-corrected chi connectivity index (χ2v) is 5.91. The highest BCUT2D eigenvalue weighted by molar-refractivity contribution is 9.09. The molecule has 2 nitrogen and oxygen atoms in total. The fraction of sp³-hybridized carbons (Fsp3) is 0.727. The van der Waals surface area contributed by atoms with Crippen LogP contribution in [0.15, 0.2) is 4.79 Å². The number of halogens is 1. The van der Waals surface area contributed by atoms with Crippen molar-refractivity contribution in [1.82, 2.24) is 3.96 Å². The van der Waals surface area contributed by atoms with Crippen molar-refractivity contribution < 1.29 is 0 Å². The van der Waals surface area contributed by atoms with Crippen molar-refractivity contribution in [3.8, 4) is 0 Å². The van der Waals surface area contributed by atoms with Gasteiger partial charge in [-0.2, -0.15) is 0 Å². The fourth-order valence-electron chi connectivity index (χ4n) is 2.04. The number of hydrogen-bond donors (Lipinski definition) is 0. The molecule has 0 atom stereocenters. The summed E-state index contributed by atoms with van der Waals surface area (Å²) in [7, 11) is 0. The third-order valence-electron chi connectivity index (χ3n) is 2.87. The third-order valence-corrected chi connectivity index (χ3v) is 4.67. The Hall–Kier alpha value is -0.0900. The van der Waals surface area contributed by atoms with E-state index in [0.717, 1.165) is 36.7 Å². The monoisotopic (exact) mass is 289 g/mol. The molecule has 15 heavy (non-hydrogen) atoms. The Labute approximate surface area is 103 Å². The Morgan fingerprint density at radius 1 is 1.27 bits per heavy atom. The Bertz CT molecular complexity index is 382. The van der Waals surface area contributed by atoms with E-state index in [9.17, 15) is 4.79 Å². The fourth-order valence-corrected chi connectivity index (χ4v) is 3.65. The van der Waals surface area contributed by atoms with Gasteiger partial charge in [0.05, 0.1) is 0 Å². The van der Waals surface area contributed by atoms with Crippen LogP contribution in [0.4, 0.5) is 0 Å². The maximum atomic E-state index is 11.9. The average Bonchev–Trinajstić information content (AvgIpc) is 2.78. The second-order valence-electron chi connectivity index (χ2n) is 4.00. The summed E-state index contributed by atoms with van der Waals surface area (Å²) in [6.45, 7) is 0.920. The van der Waals surface area contributed by atoms with Gasteiger partial charge in [-0.1, -0.05) is 33.9 Å². The summed E-state index contributed by atoms with van der Waals surface area (Å²) in [4.78, 5) is 13.2. The van der Waals surface area contributed by atoms with Crippen LogP contribution in [-0.4, -0.2) is 9.29 Å². The lowest BCUT2D eigenvalue weighted by molar-refractivity contribution is 0.623. The van der Waals surface area contributed by atoms with Gasteiger partial charge in [0.1, 0.15) is 0 Å². The Balaban J connectivity index is 1.95. The first-order valence-corrected chi connectivity index (χ1v) is 7.50. The highest BCUT2D eigenvalue weighted by Crippen LogP contribution is 2.23. The van der Waals surface area contributed by atoms with E-state index in [2.05, 4.69) is 15.9 Å². The molecule has 0 radical (unpaired) electrons. The topological polar surface area (TPSA) is 22.0 Å². The molecule has 2 rings (SSSR count). The summed E-state index contributed by atoms with van der Waals surface area (Å²) in [5.74, 6) is 0. The molecule has 0 saturated heterocycles. The molecule has 1 aromatic heterocycles. The van der Waals surface area contributed by atoms with Gasteiger partial charge in [0.15, 0.2) is 0 Å². The van der Waals surface area contributed by atoms with E-state index in [1.807, 2.05) is 3.96 Å². The number of fused-ring (bicyclic) bond motifs is 1. The lowest BCUT2D eigenvalue weighted by Gasteiger charge is -2.00. The van der Waals surface area contributed by atoms with Gasteiger partial charge in [-0.25, -0.2) is 0 Å². The zero-order valence-corrected chi connectivity index (χ0v) is 11.2. The summed E-state index contributed by atoms with van der Waals surface area (Å²) >= 11 is 5.12. The van der Waals surface area contributed by atoms with E-state index in [0.29, 0.717) is 5.56 Å². The number of aromatic nitrogens is 1. The van der Waals surface area contributed by atoms with Gasteiger partial charge >= 0.3 is 0 Å². The van der Waals surface area contributed by atoms with E-state index in [1.165, 1.54) is 24.1 Å². The lowest BCUT2D eigenvalue weighted by atomic mass is 10.2. The molecule has 0 aromatic carbocycles. The molecule has 1 aliphatic rings. The summed E-state index contributed by atoms with van der Waals surface area (Å²) in [5.41, 5.74) is 1.41. The van der Waals surface area contributed by atoms with Gasteiger partial charge < -0.3 is 0 Å². The quantitative estimate of drug-likeness (QED) is 0.603. The summed E-state index contributed by atoms with van der Waals surface area (Å²) in [5, 5.41) is 1.07. The van der Waals surface area contributed by atoms with Crippen molar-refractivity contribution in [3.63, 3.8) is 0 Å². The predicted molar refractivity (Wildman–Crippen MR) is 68.2 cm³/mol. The molecule has 0 unspecified atom stereocenters. The van der Waals surface area contributed by atoms with Crippen LogP contribution in [0.3, 0.4) is 0 Å². The minimum absolute atomic E-state index is 0.298. The van der Waals surface area contributed by atoms with E-state index in [1.54, 1.807) is 11.5 Å². The van der Waals surface area contributed by atoms with Crippen LogP contribution in [0.5, 0.6) is 0 Å². The number of hydrogen-bond acceptors (Lipinski definition) is 2. The first-order chi connectivity index (χ1) is 7.33. The van der Waals surface area contributed by atoms with Crippen molar-refractivity contribution in [1.29, 1.82) is 0 Å². The molecule has 4 heteroatoms. The summed E-state index contributed by atoms with van der Waals surface area (Å²) < 4.78 is 1.96. The number of unbranched alkanes of at least 4 members (excludes halogenated alkanes) is 2. The molecule has 0 saturated carbocycles. The molecule has 0 bridgehead atoms.